The number of nitriles is 1. The molecule has 3 heteroatoms. The summed E-state index contributed by atoms with van der Waals surface area (Å²) in [6, 6.07) is 9.74. The highest BCUT2D eigenvalue weighted by molar-refractivity contribution is 5.79. The third-order valence-corrected chi connectivity index (χ3v) is 5.32. The van der Waals surface area contributed by atoms with Crippen LogP contribution in [0.1, 0.15) is 50.2 Å². The van der Waals surface area contributed by atoms with Crippen LogP contribution in [0.15, 0.2) is 24.3 Å². The molecule has 1 aromatic rings. The van der Waals surface area contributed by atoms with Gasteiger partial charge in [-0.05, 0) is 55.2 Å². The summed E-state index contributed by atoms with van der Waals surface area (Å²) in [4.78, 5) is 15.0. The molecule has 0 aromatic heterocycles. The van der Waals surface area contributed by atoms with E-state index >= 15 is 0 Å². The zero-order chi connectivity index (χ0) is 15.5. The topological polar surface area (TPSA) is 44.1 Å². The molecular formula is C19H24N2O. The Morgan fingerprint density at radius 3 is 2.59 bits per heavy atom. The van der Waals surface area contributed by atoms with E-state index in [0.717, 1.165) is 30.9 Å². The smallest absolute Gasteiger partial charge is 0.226 e. The summed E-state index contributed by atoms with van der Waals surface area (Å²) in [5.41, 5.74) is 1.79. The van der Waals surface area contributed by atoms with E-state index in [0.29, 0.717) is 23.9 Å². The van der Waals surface area contributed by atoms with Gasteiger partial charge in [-0.2, -0.15) is 5.26 Å². The van der Waals surface area contributed by atoms with Gasteiger partial charge in [0.1, 0.15) is 0 Å². The van der Waals surface area contributed by atoms with Crippen LogP contribution < -0.4 is 0 Å². The predicted molar refractivity (Wildman–Crippen MR) is 85.8 cm³/mol. The Bertz CT molecular complexity index is 572. The molecule has 116 valence electrons. The highest BCUT2D eigenvalue weighted by Gasteiger charge is 2.44. The number of hydrogen-bond acceptors (Lipinski definition) is 2. The summed E-state index contributed by atoms with van der Waals surface area (Å²) < 4.78 is 0. The summed E-state index contributed by atoms with van der Waals surface area (Å²) in [7, 11) is 0. The highest BCUT2D eigenvalue weighted by atomic mass is 16.2. The van der Waals surface area contributed by atoms with Crippen molar-refractivity contribution in [2.24, 2.45) is 17.8 Å². The van der Waals surface area contributed by atoms with Crippen LogP contribution in [0, 0.1) is 29.1 Å². The van der Waals surface area contributed by atoms with Crippen molar-refractivity contribution in [3.05, 3.63) is 35.4 Å². The first kappa shape index (κ1) is 15.1. The minimum Gasteiger partial charge on any atom is -0.338 e. The quantitative estimate of drug-likeness (QED) is 0.831. The third-order valence-electron chi connectivity index (χ3n) is 5.32. The lowest BCUT2D eigenvalue weighted by molar-refractivity contribution is -0.137. The summed E-state index contributed by atoms with van der Waals surface area (Å²) >= 11 is 0. The second-order valence-electron chi connectivity index (χ2n) is 6.85. The van der Waals surface area contributed by atoms with Crippen LogP contribution in [0.25, 0.3) is 0 Å². The Kier molecular flexibility index (Phi) is 4.47. The predicted octanol–water partition coefficient (Wildman–Crippen LogP) is 3.73. The van der Waals surface area contributed by atoms with Gasteiger partial charge in [0.15, 0.2) is 0 Å². The lowest BCUT2D eigenvalue weighted by Gasteiger charge is -2.29. The number of nitrogens with zero attached hydrogens (tertiary/aromatic N) is 2. The van der Waals surface area contributed by atoms with Crippen LogP contribution in [0.5, 0.6) is 0 Å². The molecule has 0 saturated heterocycles. The normalized spacial score (nSPS) is 25.9. The number of hydrogen-bond donors (Lipinski definition) is 0. The second kappa shape index (κ2) is 6.52. The number of amides is 1. The maximum absolute atomic E-state index is 12.9. The molecule has 0 aliphatic heterocycles. The minimum absolute atomic E-state index is 0.267. The standard InChI is InChI=1S/C19H24N2O/c1-2-9-21(13-15-5-3-14(12-20)4-6-15)19(22)18-11-16-7-8-17(18)10-16/h3-6,16-18H,2,7-11,13H2,1H3. The second-order valence-corrected chi connectivity index (χ2v) is 6.85. The zero-order valence-electron chi connectivity index (χ0n) is 13.3. The molecule has 3 rings (SSSR count). The number of carbonyl (C=O) groups is 1. The molecule has 2 aliphatic carbocycles. The Morgan fingerprint density at radius 1 is 1.27 bits per heavy atom. The van der Waals surface area contributed by atoms with Crippen LogP contribution in [-0.2, 0) is 11.3 Å². The van der Waals surface area contributed by atoms with Crippen molar-refractivity contribution in [1.82, 2.24) is 4.90 Å². The summed E-state index contributed by atoms with van der Waals surface area (Å²) in [5, 5.41) is 8.87. The van der Waals surface area contributed by atoms with Crippen LogP contribution in [0.4, 0.5) is 0 Å². The van der Waals surface area contributed by atoms with Crippen molar-refractivity contribution in [2.75, 3.05) is 6.54 Å². The lowest BCUT2D eigenvalue weighted by atomic mass is 9.87. The van der Waals surface area contributed by atoms with Gasteiger partial charge < -0.3 is 4.90 Å². The van der Waals surface area contributed by atoms with Gasteiger partial charge in [0, 0.05) is 19.0 Å². The molecule has 2 bridgehead atoms. The molecule has 1 amide bonds. The lowest BCUT2D eigenvalue weighted by Crippen LogP contribution is -2.38. The molecule has 0 spiro atoms. The minimum atomic E-state index is 0.267. The monoisotopic (exact) mass is 296 g/mol. The number of rotatable bonds is 5. The van der Waals surface area contributed by atoms with E-state index in [1.54, 1.807) is 0 Å². The van der Waals surface area contributed by atoms with E-state index in [1.807, 2.05) is 29.2 Å². The van der Waals surface area contributed by atoms with Crippen LogP contribution in [-0.4, -0.2) is 17.4 Å². The SMILES string of the molecule is CCCN(Cc1ccc(C#N)cc1)C(=O)C1CC2CCC1C2. The van der Waals surface area contributed by atoms with Gasteiger partial charge >= 0.3 is 0 Å². The van der Waals surface area contributed by atoms with Crippen molar-refractivity contribution < 1.29 is 4.79 Å². The van der Waals surface area contributed by atoms with Gasteiger partial charge in [-0.3, -0.25) is 4.79 Å². The molecule has 3 unspecified atom stereocenters. The van der Waals surface area contributed by atoms with E-state index in [-0.39, 0.29) is 5.92 Å². The first-order chi connectivity index (χ1) is 10.7. The fourth-order valence-corrected chi connectivity index (χ4v) is 4.22. The largest absolute Gasteiger partial charge is 0.338 e. The van der Waals surface area contributed by atoms with E-state index in [2.05, 4.69) is 13.0 Å². The van der Waals surface area contributed by atoms with Crippen LogP contribution in [0.2, 0.25) is 0 Å². The van der Waals surface area contributed by atoms with Crippen molar-refractivity contribution >= 4 is 5.91 Å². The highest BCUT2D eigenvalue weighted by Crippen LogP contribution is 2.48. The number of benzene rings is 1. The maximum atomic E-state index is 12.9. The fourth-order valence-electron chi connectivity index (χ4n) is 4.22. The van der Waals surface area contributed by atoms with Gasteiger partial charge in [0.25, 0.3) is 0 Å². The summed E-state index contributed by atoms with van der Waals surface area (Å²) in [5.74, 6) is 2.07. The van der Waals surface area contributed by atoms with Crippen molar-refractivity contribution in [3.8, 4) is 6.07 Å². The third kappa shape index (κ3) is 3.02. The van der Waals surface area contributed by atoms with E-state index < -0.39 is 0 Å². The van der Waals surface area contributed by atoms with Crippen molar-refractivity contribution in [3.63, 3.8) is 0 Å². The van der Waals surface area contributed by atoms with Gasteiger partial charge in [-0.1, -0.05) is 25.5 Å². The Labute approximate surface area is 132 Å². The van der Waals surface area contributed by atoms with Crippen LogP contribution >= 0.6 is 0 Å². The molecule has 3 atom stereocenters. The van der Waals surface area contributed by atoms with Gasteiger partial charge in [0.2, 0.25) is 5.91 Å². The van der Waals surface area contributed by atoms with E-state index in [4.69, 9.17) is 5.26 Å². The number of carbonyl (C=O) groups excluding carboxylic acids is 1. The van der Waals surface area contributed by atoms with Gasteiger partial charge in [-0.25, -0.2) is 0 Å². The van der Waals surface area contributed by atoms with Crippen molar-refractivity contribution in [2.45, 2.75) is 45.6 Å². The fraction of sp³-hybridized carbons (Fsp3) is 0.579. The summed E-state index contributed by atoms with van der Waals surface area (Å²) in [6.45, 7) is 3.62. The zero-order valence-corrected chi connectivity index (χ0v) is 13.3. The van der Waals surface area contributed by atoms with E-state index in [1.165, 1.54) is 19.3 Å². The maximum Gasteiger partial charge on any atom is 0.226 e. The molecule has 1 aromatic carbocycles. The Balaban J connectivity index is 1.69. The average molecular weight is 296 g/mol. The Morgan fingerprint density at radius 2 is 2.05 bits per heavy atom. The van der Waals surface area contributed by atoms with Crippen molar-refractivity contribution in [1.29, 1.82) is 5.26 Å². The molecule has 0 heterocycles. The number of fused-ring (bicyclic) bond motifs is 2. The molecule has 0 radical (unpaired) electrons. The van der Waals surface area contributed by atoms with Gasteiger partial charge in [0.05, 0.1) is 11.6 Å². The molecule has 2 fully saturated rings. The average Bonchev–Trinajstić information content (AvgIpc) is 3.17. The Hall–Kier alpha value is -1.82. The molecule has 0 N–H and O–H groups in total. The molecular weight excluding hydrogens is 272 g/mol. The van der Waals surface area contributed by atoms with Crippen LogP contribution in [0.3, 0.4) is 0 Å². The molecule has 2 aliphatic rings. The van der Waals surface area contributed by atoms with Gasteiger partial charge in [-0.15, -0.1) is 0 Å². The molecule has 3 nitrogen and oxygen atoms in total. The molecule has 2 saturated carbocycles. The van der Waals surface area contributed by atoms with E-state index in [9.17, 15) is 4.79 Å². The molecule has 22 heavy (non-hydrogen) atoms. The first-order valence-electron chi connectivity index (χ1n) is 8.49. The first-order valence-corrected chi connectivity index (χ1v) is 8.49. The summed E-state index contributed by atoms with van der Waals surface area (Å²) in [6.07, 6.45) is 5.95.